The number of nitrogens with zero attached hydrogens (tertiary/aromatic N) is 1. The third-order valence-electron chi connectivity index (χ3n) is 7.85. The Morgan fingerprint density at radius 3 is 2.93 bits per heavy atom. The van der Waals surface area contributed by atoms with Gasteiger partial charge in [0, 0.05) is 29.7 Å². The topological polar surface area (TPSA) is 62.3 Å². The average Bonchev–Trinajstić information content (AvgIpc) is 3.05. The predicted octanol–water partition coefficient (Wildman–Crippen LogP) is 2.71. The first kappa shape index (κ1) is 17.0. The van der Waals surface area contributed by atoms with Crippen LogP contribution < -0.4 is 0 Å². The summed E-state index contributed by atoms with van der Waals surface area (Å²) in [4.78, 5) is 16.8. The standard InChI is InChI=1S/C22H27N2O3/c1-4-13-11-24(2)18-10-16(13)22(12-25,21(26)27-3)19(24)9-15-14-7-5-6-8-17(14)23-20(15)18/h4-8,16,18-19,23,25H,9-12H2,1-3H3/q+1/b13-4-/t16-,18-,19-,22-,24+/m0/s1. The maximum Gasteiger partial charge on any atom is 0.320 e. The van der Waals surface area contributed by atoms with Crippen molar-refractivity contribution in [3.8, 4) is 0 Å². The van der Waals surface area contributed by atoms with Crippen LogP contribution in [0.1, 0.15) is 30.6 Å². The molecule has 5 heteroatoms. The van der Waals surface area contributed by atoms with Crippen LogP contribution in [0, 0.1) is 11.3 Å². The zero-order valence-corrected chi connectivity index (χ0v) is 16.2. The monoisotopic (exact) mass is 367 g/mol. The molecule has 2 aromatic rings. The quantitative estimate of drug-likeness (QED) is 0.487. The van der Waals surface area contributed by atoms with Gasteiger partial charge in [-0.1, -0.05) is 24.3 Å². The number of nitrogens with one attached hydrogen (secondary N) is 1. The fraction of sp³-hybridized carbons (Fsp3) is 0.500. The fourth-order valence-corrected chi connectivity index (χ4v) is 6.62. The average molecular weight is 367 g/mol. The van der Waals surface area contributed by atoms with Gasteiger partial charge in [0.15, 0.2) is 0 Å². The van der Waals surface area contributed by atoms with E-state index >= 15 is 0 Å². The number of aliphatic hydroxyl groups is 1. The van der Waals surface area contributed by atoms with Gasteiger partial charge in [-0.2, -0.15) is 0 Å². The van der Waals surface area contributed by atoms with E-state index in [9.17, 15) is 9.90 Å². The molecule has 0 saturated carbocycles. The van der Waals surface area contributed by atoms with Crippen LogP contribution in [-0.2, 0) is 16.0 Å². The van der Waals surface area contributed by atoms with Gasteiger partial charge in [-0.05, 0) is 24.1 Å². The molecule has 4 bridgehead atoms. The highest BCUT2D eigenvalue weighted by molar-refractivity contribution is 5.86. The number of allylic oxidation sites excluding steroid dienone is 1. The molecule has 0 radical (unpaired) electrons. The van der Waals surface area contributed by atoms with E-state index in [1.54, 1.807) is 0 Å². The summed E-state index contributed by atoms with van der Waals surface area (Å²) in [5.74, 6) is -0.223. The van der Waals surface area contributed by atoms with Crippen LogP contribution >= 0.6 is 0 Å². The number of fused-ring (bicyclic) bond motifs is 4. The maximum absolute atomic E-state index is 13.1. The summed E-state index contributed by atoms with van der Waals surface area (Å²) in [6.07, 6.45) is 3.80. The zero-order chi connectivity index (χ0) is 19.0. The lowest BCUT2D eigenvalue weighted by Crippen LogP contribution is -2.76. The molecule has 4 aliphatic rings. The largest absolute Gasteiger partial charge is 0.468 e. The molecule has 2 N–H and O–H groups in total. The lowest BCUT2D eigenvalue weighted by atomic mass is 9.54. The molecule has 0 unspecified atom stereocenters. The summed E-state index contributed by atoms with van der Waals surface area (Å²) in [6, 6.07) is 8.76. The number of likely N-dealkylation sites (N-methyl/N-ethyl adjacent to an activating group) is 1. The van der Waals surface area contributed by atoms with Crippen molar-refractivity contribution in [3.63, 3.8) is 0 Å². The Morgan fingerprint density at radius 1 is 1.44 bits per heavy atom. The zero-order valence-electron chi connectivity index (χ0n) is 16.2. The Morgan fingerprint density at radius 2 is 2.22 bits per heavy atom. The summed E-state index contributed by atoms with van der Waals surface area (Å²) in [7, 11) is 3.71. The molecular weight excluding hydrogens is 340 g/mol. The van der Waals surface area contributed by atoms with Gasteiger partial charge in [0.1, 0.15) is 24.0 Å². The number of hydrogen-bond donors (Lipinski definition) is 2. The van der Waals surface area contributed by atoms with Crippen molar-refractivity contribution in [2.45, 2.75) is 31.8 Å². The van der Waals surface area contributed by atoms with Crippen LogP contribution in [0.15, 0.2) is 35.9 Å². The number of ether oxygens (including phenoxy) is 1. The minimum absolute atomic E-state index is 0.0223. The number of esters is 1. The molecule has 27 heavy (non-hydrogen) atoms. The first-order chi connectivity index (χ1) is 13.0. The fourth-order valence-electron chi connectivity index (χ4n) is 6.62. The molecule has 6 rings (SSSR count). The molecular formula is C22H27N2O3+. The van der Waals surface area contributed by atoms with Crippen molar-refractivity contribution in [2.75, 3.05) is 27.3 Å². The molecule has 1 aromatic heterocycles. The van der Waals surface area contributed by atoms with E-state index in [1.807, 2.05) is 6.92 Å². The lowest BCUT2D eigenvalue weighted by molar-refractivity contribution is -0.981. The molecule has 0 amide bonds. The third-order valence-corrected chi connectivity index (χ3v) is 7.85. The van der Waals surface area contributed by atoms with E-state index in [1.165, 1.54) is 29.3 Å². The summed E-state index contributed by atoms with van der Waals surface area (Å²) >= 11 is 0. The first-order valence-electron chi connectivity index (χ1n) is 9.80. The highest BCUT2D eigenvalue weighted by Gasteiger charge is 2.71. The second-order valence-corrected chi connectivity index (χ2v) is 8.65. The number of rotatable bonds is 2. The lowest BCUT2D eigenvalue weighted by Gasteiger charge is -2.66. The molecule has 0 aliphatic carbocycles. The molecule has 3 saturated heterocycles. The molecule has 142 valence electrons. The van der Waals surface area contributed by atoms with Gasteiger partial charge >= 0.3 is 5.97 Å². The number of carbonyl (C=O) groups excluding carboxylic acids is 1. The SMILES string of the molecule is C/C=C1/C[N@+]2(C)[C@H]3C[C@@H]1[C@](CO)(C(=O)OC)[C@@H]2Cc1c3[nH]c2ccccc12. The van der Waals surface area contributed by atoms with Crippen molar-refractivity contribution in [2.24, 2.45) is 11.3 Å². The first-order valence-corrected chi connectivity index (χ1v) is 9.80. The van der Waals surface area contributed by atoms with E-state index in [-0.39, 0.29) is 24.5 Å². The van der Waals surface area contributed by atoms with Gasteiger partial charge in [-0.25, -0.2) is 0 Å². The Hall–Kier alpha value is -2.11. The van der Waals surface area contributed by atoms with Crippen LogP contribution in [0.3, 0.4) is 0 Å². The highest BCUT2D eigenvalue weighted by Crippen LogP contribution is 2.62. The van der Waals surface area contributed by atoms with Crippen molar-refractivity contribution in [1.82, 2.24) is 4.98 Å². The summed E-state index contributed by atoms with van der Waals surface area (Å²) in [6.45, 7) is 2.82. The minimum Gasteiger partial charge on any atom is -0.468 e. The minimum atomic E-state index is -0.865. The van der Waals surface area contributed by atoms with Gasteiger partial charge in [0.25, 0.3) is 0 Å². The van der Waals surface area contributed by atoms with Gasteiger partial charge in [0.2, 0.25) is 0 Å². The maximum atomic E-state index is 13.1. The van der Waals surface area contributed by atoms with Crippen LogP contribution in [0.2, 0.25) is 0 Å². The normalized spacial score (nSPS) is 38.2. The Bertz CT molecular complexity index is 977. The summed E-state index contributed by atoms with van der Waals surface area (Å²) in [5, 5.41) is 11.8. The molecule has 5 atom stereocenters. The summed E-state index contributed by atoms with van der Waals surface area (Å²) < 4.78 is 6.05. The Labute approximate surface area is 159 Å². The van der Waals surface area contributed by atoms with Crippen LogP contribution in [-0.4, -0.2) is 53.9 Å². The molecule has 1 aromatic carbocycles. The molecule has 5 heterocycles. The number of para-hydroxylation sites is 1. The number of carbonyl (C=O) groups is 1. The number of aliphatic hydroxyl groups excluding tert-OH is 1. The van der Waals surface area contributed by atoms with Crippen LogP contribution in [0.4, 0.5) is 0 Å². The highest BCUT2D eigenvalue weighted by atomic mass is 16.5. The molecule has 4 aliphatic heterocycles. The second-order valence-electron chi connectivity index (χ2n) is 8.65. The van der Waals surface area contributed by atoms with Crippen LogP contribution in [0.25, 0.3) is 10.9 Å². The molecule has 3 fully saturated rings. The van der Waals surface area contributed by atoms with Crippen molar-refractivity contribution in [3.05, 3.63) is 47.2 Å². The Kier molecular flexibility index (Phi) is 3.44. The number of H-pyrrole nitrogens is 1. The number of benzene rings is 1. The van der Waals surface area contributed by atoms with E-state index in [4.69, 9.17) is 4.74 Å². The number of piperidine rings is 3. The van der Waals surface area contributed by atoms with E-state index in [0.29, 0.717) is 6.04 Å². The van der Waals surface area contributed by atoms with E-state index < -0.39 is 5.41 Å². The smallest absolute Gasteiger partial charge is 0.320 e. The number of aromatic amines is 1. The van der Waals surface area contributed by atoms with Gasteiger partial charge in [-0.15, -0.1) is 0 Å². The number of hydrogen-bond acceptors (Lipinski definition) is 3. The Balaban J connectivity index is 1.78. The van der Waals surface area contributed by atoms with Gasteiger partial charge in [0.05, 0.1) is 26.5 Å². The molecule has 0 spiro atoms. The summed E-state index contributed by atoms with van der Waals surface area (Å²) in [5.41, 5.74) is 4.23. The van der Waals surface area contributed by atoms with E-state index in [2.05, 4.69) is 42.4 Å². The predicted molar refractivity (Wildman–Crippen MR) is 103 cm³/mol. The molecule has 5 nitrogen and oxygen atoms in total. The van der Waals surface area contributed by atoms with Crippen molar-refractivity contribution in [1.29, 1.82) is 0 Å². The van der Waals surface area contributed by atoms with Crippen molar-refractivity contribution < 1.29 is 19.1 Å². The second kappa shape index (κ2) is 5.46. The van der Waals surface area contributed by atoms with Gasteiger partial charge in [-0.3, -0.25) is 4.79 Å². The third kappa shape index (κ3) is 1.84. The van der Waals surface area contributed by atoms with Gasteiger partial charge < -0.3 is 19.3 Å². The number of methoxy groups -OCH3 is 1. The number of quaternary nitrogens is 1. The van der Waals surface area contributed by atoms with Crippen molar-refractivity contribution >= 4 is 16.9 Å². The van der Waals surface area contributed by atoms with Crippen LogP contribution in [0.5, 0.6) is 0 Å². The number of aromatic nitrogens is 1. The van der Waals surface area contributed by atoms with E-state index in [0.717, 1.165) is 29.4 Å².